The zero-order valence-electron chi connectivity index (χ0n) is 9.15. The van der Waals surface area contributed by atoms with Crippen LogP contribution in [0, 0.1) is 11.3 Å². The van der Waals surface area contributed by atoms with Crippen LogP contribution in [0.1, 0.15) is 47.5 Å². The van der Waals surface area contributed by atoms with Crippen LogP contribution in [0.5, 0.6) is 0 Å². The van der Waals surface area contributed by atoms with E-state index in [2.05, 4.69) is 39.9 Å². The van der Waals surface area contributed by atoms with Crippen molar-refractivity contribution in [3.05, 3.63) is 0 Å². The van der Waals surface area contributed by atoms with E-state index in [0.29, 0.717) is 11.5 Å². The Morgan fingerprint density at radius 2 is 1.83 bits per heavy atom. The Bertz CT molecular complexity index is 146. The molecule has 0 aromatic rings. The third-order valence-corrected chi connectivity index (χ3v) is 3.38. The van der Waals surface area contributed by atoms with E-state index in [-0.39, 0.29) is 0 Å². The van der Waals surface area contributed by atoms with Gasteiger partial charge in [0.2, 0.25) is 0 Å². The van der Waals surface area contributed by atoms with E-state index in [1.165, 1.54) is 12.8 Å². The minimum absolute atomic E-state index is 0.398. The van der Waals surface area contributed by atoms with Gasteiger partial charge in [0.1, 0.15) is 0 Å². The fourth-order valence-electron chi connectivity index (χ4n) is 1.49. The van der Waals surface area contributed by atoms with Gasteiger partial charge in [-0.1, -0.05) is 27.7 Å². The van der Waals surface area contributed by atoms with Gasteiger partial charge in [0.05, 0.1) is 0 Å². The van der Waals surface area contributed by atoms with Crippen LogP contribution in [-0.2, 0) is 0 Å². The van der Waals surface area contributed by atoms with Gasteiger partial charge in [0, 0.05) is 12.1 Å². The van der Waals surface area contributed by atoms with Crippen LogP contribution >= 0.6 is 0 Å². The van der Waals surface area contributed by atoms with Gasteiger partial charge >= 0.3 is 0 Å². The highest BCUT2D eigenvalue weighted by Gasteiger charge is 2.30. The van der Waals surface area contributed by atoms with Crippen molar-refractivity contribution in [2.75, 3.05) is 0 Å². The van der Waals surface area contributed by atoms with E-state index >= 15 is 0 Å². The number of hydrogen-bond acceptors (Lipinski definition) is 1. The molecular weight excluding hydrogens is 146 g/mol. The SMILES string of the molecule is CC1CCC1NC(C)C(C)(C)C. The molecule has 0 spiro atoms. The van der Waals surface area contributed by atoms with E-state index in [4.69, 9.17) is 0 Å². The van der Waals surface area contributed by atoms with Gasteiger partial charge in [-0.25, -0.2) is 0 Å². The minimum Gasteiger partial charge on any atom is -0.311 e. The fourth-order valence-corrected chi connectivity index (χ4v) is 1.49. The van der Waals surface area contributed by atoms with Crippen molar-refractivity contribution >= 4 is 0 Å². The lowest BCUT2D eigenvalue weighted by molar-refractivity contribution is 0.168. The largest absolute Gasteiger partial charge is 0.311 e. The molecule has 1 N–H and O–H groups in total. The molecule has 0 amide bonds. The summed E-state index contributed by atoms with van der Waals surface area (Å²) >= 11 is 0. The molecule has 0 bridgehead atoms. The zero-order chi connectivity index (χ0) is 9.35. The maximum Gasteiger partial charge on any atom is 0.00955 e. The average Bonchev–Trinajstić information content (AvgIpc) is 1.95. The third kappa shape index (κ3) is 2.22. The molecule has 0 aromatic carbocycles. The molecule has 0 heterocycles. The normalized spacial score (nSPS) is 32.8. The highest BCUT2D eigenvalue weighted by Crippen LogP contribution is 2.29. The molecule has 0 aromatic heterocycles. The van der Waals surface area contributed by atoms with Crippen LogP contribution in [0.3, 0.4) is 0 Å². The standard InChI is InChI=1S/C11H23N/c1-8-6-7-10(8)12-9(2)11(3,4)5/h8-10,12H,6-7H2,1-5H3. The van der Waals surface area contributed by atoms with Gasteiger partial charge in [0.25, 0.3) is 0 Å². The lowest BCUT2D eigenvalue weighted by Gasteiger charge is -2.40. The molecule has 1 fully saturated rings. The summed E-state index contributed by atoms with van der Waals surface area (Å²) in [6.45, 7) is 11.5. The van der Waals surface area contributed by atoms with Crippen molar-refractivity contribution < 1.29 is 0 Å². The second kappa shape index (κ2) is 3.37. The Morgan fingerprint density at radius 3 is 2.08 bits per heavy atom. The van der Waals surface area contributed by atoms with Crippen molar-refractivity contribution in [3.8, 4) is 0 Å². The molecule has 1 rings (SSSR count). The summed E-state index contributed by atoms with van der Waals surface area (Å²) in [5, 5.41) is 3.71. The van der Waals surface area contributed by atoms with Gasteiger partial charge in [-0.15, -0.1) is 0 Å². The van der Waals surface area contributed by atoms with Crippen LogP contribution in [-0.4, -0.2) is 12.1 Å². The minimum atomic E-state index is 0.398. The van der Waals surface area contributed by atoms with E-state index < -0.39 is 0 Å². The lowest BCUT2D eigenvalue weighted by atomic mass is 9.79. The second-order valence-electron chi connectivity index (χ2n) is 5.42. The molecule has 72 valence electrons. The lowest BCUT2D eigenvalue weighted by Crippen LogP contribution is -2.50. The molecule has 3 atom stereocenters. The maximum absolute atomic E-state index is 3.71. The first kappa shape index (κ1) is 10.0. The molecule has 1 aliphatic rings. The van der Waals surface area contributed by atoms with Crippen molar-refractivity contribution in [2.24, 2.45) is 11.3 Å². The number of rotatable bonds is 2. The maximum atomic E-state index is 3.71. The first-order valence-corrected chi connectivity index (χ1v) is 5.17. The molecule has 1 saturated carbocycles. The summed E-state index contributed by atoms with van der Waals surface area (Å²) in [5.74, 6) is 0.898. The van der Waals surface area contributed by atoms with Crippen LogP contribution in [0.4, 0.5) is 0 Å². The van der Waals surface area contributed by atoms with Crippen LogP contribution in [0.2, 0.25) is 0 Å². The van der Waals surface area contributed by atoms with Gasteiger partial charge in [-0.05, 0) is 31.1 Å². The summed E-state index contributed by atoms with van der Waals surface area (Å²) < 4.78 is 0. The molecule has 0 aliphatic heterocycles. The highest BCUT2D eigenvalue weighted by molar-refractivity contribution is 4.88. The van der Waals surface area contributed by atoms with Gasteiger partial charge in [0.15, 0.2) is 0 Å². The van der Waals surface area contributed by atoms with E-state index in [0.717, 1.165) is 12.0 Å². The predicted octanol–water partition coefficient (Wildman–Crippen LogP) is 2.81. The Hall–Kier alpha value is -0.0400. The van der Waals surface area contributed by atoms with Crippen molar-refractivity contribution in [1.29, 1.82) is 0 Å². The molecule has 1 heteroatoms. The zero-order valence-corrected chi connectivity index (χ0v) is 9.15. The summed E-state index contributed by atoms with van der Waals surface area (Å²) in [7, 11) is 0. The first-order valence-electron chi connectivity index (χ1n) is 5.17. The smallest absolute Gasteiger partial charge is 0.00955 e. The van der Waals surface area contributed by atoms with Gasteiger partial charge in [-0.3, -0.25) is 0 Å². The number of hydrogen-bond donors (Lipinski definition) is 1. The summed E-state index contributed by atoms with van der Waals surface area (Å²) in [4.78, 5) is 0. The van der Waals surface area contributed by atoms with E-state index in [9.17, 15) is 0 Å². The first-order chi connectivity index (χ1) is 5.41. The number of nitrogens with one attached hydrogen (secondary N) is 1. The van der Waals surface area contributed by atoms with Crippen molar-refractivity contribution in [2.45, 2.75) is 59.5 Å². The molecule has 3 unspecified atom stereocenters. The van der Waals surface area contributed by atoms with Crippen LogP contribution in [0.25, 0.3) is 0 Å². The average molecular weight is 169 g/mol. The summed E-state index contributed by atoms with van der Waals surface area (Å²) in [6.07, 6.45) is 2.79. The Labute approximate surface area is 76.9 Å². The van der Waals surface area contributed by atoms with E-state index in [1.54, 1.807) is 0 Å². The Morgan fingerprint density at radius 1 is 1.25 bits per heavy atom. The third-order valence-electron chi connectivity index (χ3n) is 3.38. The highest BCUT2D eigenvalue weighted by atomic mass is 15.0. The van der Waals surface area contributed by atoms with Crippen molar-refractivity contribution in [3.63, 3.8) is 0 Å². The second-order valence-corrected chi connectivity index (χ2v) is 5.42. The molecular formula is C11H23N. The fraction of sp³-hybridized carbons (Fsp3) is 1.00. The molecule has 1 aliphatic carbocycles. The topological polar surface area (TPSA) is 12.0 Å². The summed E-state index contributed by atoms with van der Waals surface area (Å²) in [5.41, 5.74) is 0.398. The quantitative estimate of drug-likeness (QED) is 0.670. The Kier molecular flexibility index (Phi) is 2.82. The molecule has 1 nitrogen and oxygen atoms in total. The van der Waals surface area contributed by atoms with Crippen molar-refractivity contribution in [1.82, 2.24) is 5.32 Å². The molecule has 0 saturated heterocycles. The Balaban J connectivity index is 2.31. The van der Waals surface area contributed by atoms with Crippen LogP contribution in [0.15, 0.2) is 0 Å². The molecule has 12 heavy (non-hydrogen) atoms. The summed E-state index contributed by atoms with van der Waals surface area (Å²) in [6, 6.07) is 1.42. The van der Waals surface area contributed by atoms with E-state index in [1.807, 2.05) is 0 Å². The van der Waals surface area contributed by atoms with Gasteiger partial charge in [-0.2, -0.15) is 0 Å². The van der Waals surface area contributed by atoms with Crippen LogP contribution < -0.4 is 5.32 Å². The van der Waals surface area contributed by atoms with Gasteiger partial charge < -0.3 is 5.32 Å². The molecule has 0 radical (unpaired) electrons. The predicted molar refractivity (Wildman–Crippen MR) is 54.2 cm³/mol. The monoisotopic (exact) mass is 169 g/mol.